The van der Waals surface area contributed by atoms with Crippen molar-refractivity contribution in [3.05, 3.63) is 52.6 Å². The Morgan fingerprint density at radius 3 is 2.79 bits per heavy atom. The van der Waals surface area contributed by atoms with Crippen molar-refractivity contribution in [3.8, 4) is 5.75 Å². The molecule has 0 amide bonds. The molecule has 0 unspecified atom stereocenters. The zero-order chi connectivity index (χ0) is 20.4. The largest absolute Gasteiger partial charge is 0.491 e. The molecule has 0 aliphatic carbocycles. The number of hydrogen-bond acceptors (Lipinski definition) is 6. The van der Waals surface area contributed by atoms with Crippen LogP contribution in [0, 0.1) is 12.7 Å². The Hall–Kier alpha value is -2.48. The van der Waals surface area contributed by atoms with Gasteiger partial charge >= 0.3 is 0 Å². The van der Waals surface area contributed by atoms with Gasteiger partial charge in [-0.2, -0.15) is 0 Å². The van der Waals surface area contributed by atoms with Gasteiger partial charge in [-0.15, -0.1) is 0 Å². The summed E-state index contributed by atoms with van der Waals surface area (Å²) in [6.45, 7) is 4.48. The van der Waals surface area contributed by atoms with E-state index in [1.165, 1.54) is 6.33 Å². The highest BCUT2D eigenvalue weighted by Crippen LogP contribution is 2.36. The lowest BCUT2D eigenvalue weighted by atomic mass is 9.91. The molecule has 1 fully saturated rings. The number of anilines is 2. The molecule has 2 N–H and O–H groups in total. The molecule has 0 bridgehead atoms. The van der Waals surface area contributed by atoms with Crippen LogP contribution < -0.4 is 15.4 Å². The van der Waals surface area contributed by atoms with Crippen molar-refractivity contribution in [3.63, 3.8) is 0 Å². The second-order valence-electron chi connectivity index (χ2n) is 7.01. The lowest BCUT2D eigenvalue weighted by Crippen LogP contribution is -2.40. The van der Waals surface area contributed by atoms with Gasteiger partial charge < -0.3 is 20.1 Å². The molecule has 8 heteroatoms. The van der Waals surface area contributed by atoms with Crippen LogP contribution in [0.25, 0.3) is 10.9 Å². The van der Waals surface area contributed by atoms with E-state index < -0.39 is 5.82 Å². The molecule has 0 radical (unpaired) electrons. The van der Waals surface area contributed by atoms with Crippen molar-refractivity contribution < 1.29 is 13.9 Å². The van der Waals surface area contributed by atoms with Crippen molar-refractivity contribution in [1.29, 1.82) is 0 Å². The first-order chi connectivity index (χ1) is 14.1. The number of ether oxygens (including phenoxy) is 2. The average molecular weight is 417 g/mol. The quantitative estimate of drug-likeness (QED) is 0.563. The molecule has 1 saturated heterocycles. The van der Waals surface area contributed by atoms with Gasteiger partial charge in [-0.25, -0.2) is 14.4 Å². The van der Waals surface area contributed by atoms with E-state index in [1.54, 1.807) is 26.2 Å². The van der Waals surface area contributed by atoms with E-state index >= 15 is 0 Å². The van der Waals surface area contributed by atoms with Crippen molar-refractivity contribution in [1.82, 2.24) is 15.3 Å². The fraction of sp³-hybridized carbons (Fsp3) is 0.333. The summed E-state index contributed by atoms with van der Waals surface area (Å²) in [6, 6.07) is 7.36. The van der Waals surface area contributed by atoms with Crippen LogP contribution in [0.3, 0.4) is 0 Å². The summed E-state index contributed by atoms with van der Waals surface area (Å²) in [5.74, 6) is 1.15. The molecule has 3 aromatic rings. The van der Waals surface area contributed by atoms with Crippen molar-refractivity contribution >= 4 is 34.0 Å². The Bertz CT molecular complexity index is 1040. The highest BCUT2D eigenvalue weighted by atomic mass is 35.5. The molecule has 152 valence electrons. The van der Waals surface area contributed by atoms with Crippen LogP contribution in [-0.2, 0) is 4.74 Å². The monoisotopic (exact) mass is 416 g/mol. The minimum atomic E-state index is -0.499. The van der Waals surface area contributed by atoms with E-state index in [0.717, 1.165) is 29.8 Å². The number of methoxy groups -OCH3 is 1. The average Bonchev–Trinajstić information content (AvgIpc) is 2.68. The Morgan fingerprint density at radius 2 is 2.07 bits per heavy atom. The van der Waals surface area contributed by atoms with Crippen LogP contribution in [0.5, 0.6) is 5.75 Å². The molecular formula is C21H22ClFN4O2. The van der Waals surface area contributed by atoms with Gasteiger partial charge in [0.2, 0.25) is 0 Å². The van der Waals surface area contributed by atoms with Gasteiger partial charge in [0.25, 0.3) is 0 Å². The third-order valence-electron chi connectivity index (χ3n) is 5.06. The number of aromatic nitrogens is 2. The number of benzene rings is 2. The van der Waals surface area contributed by atoms with Crippen LogP contribution in [0.1, 0.15) is 17.0 Å². The van der Waals surface area contributed by atoms with E-state index in [1.807, 2.05) is 12.1 Å². The molecule has 29 heavy (non-hydrogen) atoms. The van der Waals surface area contributed by atoms with E-state index in [2.05, 4.69) is 20.6 Å². The second-order valence-corrected chi connectivity index (χ2v) is 7.39. The second kappa shape index (κ2) is 8.49. The highest BCUT2D eigenvalue weighted by Gasteiger charge is 2.24. The van der Waals surface area contributed by atoms with Crippen molar-refractivity contribution in [2.45, 2.75) is 12.8 Å². The Labute approximate surface area is 173 Å². The van der Waals surface area contributed by atoms with Crippen LogP contribution in [0.4, 0.5) is 15.9 Å². The SMILES string of the molecule is COCCOc1cc2ncnc(Nc3ccc(C)c(Cl)c3F)c2cc1C1CNC1. The van der Waals surface area contributed by atoms with Gasteiger partial charge in [0.1, 0.15) is 24.5 Å². The lowest BCUT2D eigenvalue weighted by molar-refractivity contribution is 0.145. The van der Waals surface area contributed by atoms with Crippen molar-refractivity contribution in [2.75, 3.05) is 38.7 Å². The van der Waals surface area contributed by atoms with Crippen LogP contribution >= 0.6 is 11.6 Å². The summed E-state index contributed by atoms with van der Waals surface area (Å²) in [4.78, 5) is 8.71. The van der Waals surface area contributed by atoms with E-state index in [-0.39, 0.29) is 10.7 Å². The van der Waals surface area contributed by atoms with E-state index in [9.17, 15) is 4.39 Å². The first-order valence-corrected chi connectivity index (χ1v) is 9.79. The number of nitrogens with zero attached hydrogens (tertiary/aromatic N) is 2. The Morgan fingerprint density at radius 1 is 1.24 bits per heavy atom. The zero-order valence-corrected chi connectivity index (χ0v) is 17.0. The summed E-state index contributed by atoms with van der Waals surface area (Å²) < 4.78 is 25.6. The lowest BCUT2D eigenvalue weighted by Gasteiger charge is -2.29. The molecule has 1 aromatic heterocycles. The fourth-order valence-corrected chi connectivity index (χ4v) is 3.42. The number of nitrogens with one attached hydrogen (secondary N) is 2. The van der Waals surface area contributed by atoms with Gasteiger partial charge in [-0.1, -0.05) is 17.7 Å². The number of rotatable bonds is 7. The Balaban J connectivity index is 1.74. The number of fused-ring (bicyclic) bond motifs is 1. The third kappa shape index (κ3) is 3.99. The minimum Gasteiger partial charge on any atom is -0.491 e. The summed E-state index contributed by atoms with van der Waals surface area (Å²) in [7, 11) is 1.64. The molecule has 6 nitrogen and oxygen atoms in total. The zero-order valence-electron chi connectivity index (χ0n) is 16.3. The third-order valence-corrected chi connectivity index (χ3v) is 5.53. The van der Waals surface area contributed by atoms with Gasteiger partial charge in [0.15, 0.2) is 5.82 Å². The predicted molar refractivity (Wildman–Crippen MR) is 112 cm³/mol. The van der Waals surface area contributed by atoms with Crippen molar-refractivity contribution in [2.24, 2.45) is 0 Å². The standard InChI is InChI=1S/C21H22ClFN4O2/c1-12-3-4-16(20(23)19(12)22)27-21-15-7-14(13-9-24-10-13)18(29-6-5-28-2)8-17(15)25-11-26-21/h3-4,7-8,11,13,24H,5-6,9-10H2,1-2H3,(H,25,26,27). The molecule has 1 aliphatic rings. The summed E-state index contributed by atoms with van der Waals surface area (Å²) in [6.07, 6.45) is 1.45. The Kier molecular flexibility index (Phi) is 5.80. The maximum atomic E-state index is 14.6. The molecular weight excluding hydrogens is 395 g/mol. The van der Waals surface area contributed by atoms with Gasteiger partial charge in [-0.05, 0) is 24.6 Å². The summed E-state index contributed by atoms with van der Waals surface area (Å²) >= 11 is 6.06. The smallest absolute Gasteiger partial charge is 0.165 e. The predicted octanol–water partition coefficient (Wildman–Crippen LogP) is 4.19. The molecule has 2 heterocycles. The van der Waals surface area contributed by atoms with E-state index in [4.69, 9.17) is 21.1 Å². The maximum Gasteiger partial charge on any atom is 0.165 e. The van der Waals surface area contributed by atoms with Gasteiger partial charge in [0.05, 0.1) is 22.8 Å². The molecule has 2 aromatic carbocycles. The summed E-state index contributed by atoms with van der Waals surface area (Å²) in [5.41, 5.74) is 2.74. The van der Waals surface area contributed by atoms with Gasteiger partial charge in [-0.3, -0.25) is 0 Å². The number of aryl methyl sites for hydroxylation is 1. The molecule has 0 atom stereocenters. The van der Waals surface area contributed by atoms with Crippen LogP contribution in [0.15, 0.2) is 30.6 Å². The fourth-order valence-electron chi connectivity index (χ4n) is 3.26. The first-order valence-electron chi connectivity index (χ1n) is 9.41. The van der Waals surface area contributed by atoms with Crippen LogP contribution in [0.2, 0.25) is 5.02 Å². The number of hydrogen-bond donors (Lipinski definition) is 2. The molecule has 0 spiro atoms. The summed E-state index contributed by atoms with van der Waals surface area (Å²) in [5, 5.41) is 7.25. The normalized spacial score (nSPS) is 14.1. The first kappa shape index (κ1) is 19.8. The molecule has 1 aliphatic heterocycles. The number of halogens is 2. The molecule has 0 saturated carbocycles. The van der Waals surface area contributed by atoms with E-state index in [0.29, 0.717) is 36.0 Å². The molecule has 4 rings (SSSR count). The minimum absolute atomic E-state index is 0.100. The van der Waals surface area contributed by atoms with Gasteiger partial charge in [0, 0.05) is 43.1 Å². The maximum absolute atomic E-state index is 14.6. The highest BCUT2D eigenvalue weighted by molar-refractivity contribution is 6.31. The topological polar surface area (TPSA) is 68.3 Å². The van der Waals surface area contributed by atoms with Crippen LogP contribution in [-0.4, -0.2) is 43.4 Å².